The molecule has 158 valence electrons. The largest absolute Gasteiger partial charge is 0.452 e. The lowest BCUT2D eigenvalue weighted by Gasteiger charge is -2.35. The van der Waals surface area contributed by atoms with Crippen molar-refractivity contribution in [3.63, 3.8) is 0 Å². The van der Waals surface area contributed by atoms with Gasteiger partial charge >= 0.3 is 5.97 Å². The van der Waals surface area contributed by atoms with Gasteiger partial charge in [0.25, 0.3) is 11.6 Å². The van der Waals surface area contributed by atoms with E-state index in [4.69, 9.17) is 14.2 Å². The molecule has 0 radical (unpaired) electrons. The van der Waals surface area contributed by atoms with Crippen molar-refractivity contribution in [1.29, 1.82) is 0 Å². The van der Waals surface area contributed by atoms with Gasteiger partial charge in [-0.05, 0) is 26.0 Å². The minimum Gasteiger partial charge on any atom is -0.452 e. The molecule has 1 aromatic carbocycles. The number of esters is 1. The Morgan fingerprint density at radius 1 is 1.21 bits per heavy atom. The third-order valence-corrected chi connectivity index (χ3v) is 4.86. The topological polar surface area (TPSA) is 111 Å². The molecule has 10 heteroatoms. The molecule has 0 aliphatic carbocycles. The van der Waals surface area contributed by atoms with Gasteiger partial charge in [-0.3, -0.25) is 14.9 Å². The molecule has 2 unspecified atom stereocenters. The van der Waals surface area contributed by atoms with E-state index in [-0.39, 0.29) is 29.4 Å². The number of morpholine rings is 2. The van der Waals surface area contributed by atoms with Gasteiger partial charge in [-0.1, -0.05) is 0 Å². The first-order chi connectivity index (χ1) is 13.8. The molecular formula is C19H25N3O7. The molecule has 3 rings (SSSR count). The molecule has 2 saturated heterocycles. The van der Waals surface area contributed by atoms with Crippen LogP contribution in [0.25, 0.3) is 0 Å². The predicted molar refractivity (Wildman–Crippen MR) is 103 cm³/mol. The first kappa shape index (κ1) is 21.0. The summed E-state index contributed by atoms with van der Waals surface area (Å²) in [7, 11) is 0. The molecule has 0 bridgehead atoms. The number of nitro groups is 1. The fraction of sp³-hybridized carbons (Fsp3) is 0.579. The number of anilines is 1. The Morgan fingerprint density at radius 2 is 1.86 bits per heavy atom. The summed E-state index contributed by atoms with van der Waals surface area (Å²) in [5.41, 5.74) is 0.288. The maximum atomic E-state index is 12.3. The van der Waals surface area contributed by atoms with E-state index in [1.165, 1.54) is 18.2 Å². The van der Waals surface area contributed by atoms with E-state index in [0.717, 1.165) is 0 Å². The quantitative estimate of drug-likeness (QED) is 0.407. The van der Waals surface area contributed by atoms with Crippen LogP contribution >= 0.6 is 0 Å². The molecule has 2 aliphatic heterocycles. The molecule has 2 fully saturated rings. The molecule has 0 N–H and O–H groups in total. The van der Waals surface area contributed by atoms with E-state index < -0.39 is 17.5 Å². The van der Waals surface area contributed by atoms with Crippen molar-refractivity contribution in [2.24, 2.45) is 0 Å². The van der Waals surface area contributed by atoms with E-state index in [1.807, 2.05) is 18.7 Å². The van der Waals surface area contributed by atoms with Crippen molar-refractivity contribution < 1.29 is 28.7 Å². The van der Waals surface area contributed by atoms with Crippen LogP contribution in [0.1, 0.15) is 24.2 Å². The molecule has 0 aromatic heterocycles. The van der Waals surface area contributed by atoms with E-state index in [9.17, 15) is 19.7 Å². The average molecular weight is 407 g/mol. The molecule has 1 aromatic rings. The van der Waals surface area contributed by atoms with Gasteiger partial charge in [0.2, 0.25) is 0 Å². The zero-order valence-electron chi connectivity index (χ0n) is 16.5. The molecule has 2 heterocycles. The molecule has 2 aliphatic rings. The minimum absolute atomic E-state index is 0.0326. The number of hydrogen-bond acceptors (Lipinski definition) is 8. The van der Waals surface area contributed by atoms with Crippen LogP contribution in [0.4, 0.5) is 11.4 Å². The Bertz CT molecular complexity index is 769. The van der Waals surface area contributed by atoms with Crippen LogP contribution in [-0.4, -0.2) is 79.9 Å². The summed E-state index contributed by atoms with van der Waals surface area (Å²) in [5.74, 6) is -1.09. The molecule has 29 heavy (non-hydrogen) atoms. The van der Waals surface area contributed by atoms with Gasteiger partial charge in [-0.25, -0.2) is 4.79 Å². The zero-order valence-corrected chi connectivity index (χ0v) is 16.5. The summed E-state index contributed by atoms with van der Waals surface area (Å²) >= 11 is 0. The van der Waals surface area contributed by atoms with Gasteiger partial charge in [0.15, 0.2) is 6.61 Å². The number of nitro benzene ring substituents is 1. The van der Waals surface area contributed by atoms with Crippen LogP contribution in [0, 0.1) is 10.1 Å². The molecular weight excluding hydrogens is 382 g/mol. The molecule has 1 amide bonds. The standard InChI is InChI=1S/C19H25N3O7/c1-13-10-21(11-14(2)29-13)18(23)12-28-19(24)15-3-4-16(17(9-15)22(25)26)20-5-7-27-8-6-20/h3-4,9,13-14H,5-8,10-12H2,1-2H3. The third-order valence-electron chi connectivity index (χ3n) is 4.86. The average Bonchev–Trinajstić information content (AvgIpc) is 2.71. The molecule has 0 spiro atoms. The van der Waals surface area contributed by atoms with Crippen molar-refractivity contribution in [1.82, 2.24) is 4.90 Å². The Morgan fingerprint density at radius 3 is 2.48 bits per heavy atom. The van der Waals surface area contributed by atoms with E-state index in [0.29, 0.717) is 45.1 Å². The minimum atomic E-state index is -0.774. The highest BCUT2D eigenvalue weighted by Crippen LogP contribution is 2.30. The van der Waals surface area contributed by atoms with Gasteiger partial charge in [0.1, 0.15) is 5.69 Å². The number of ether oxygens (including phenoxy) is 3. The Kier molecular flexibility index (Phi) is 6.65. The fourth-order valence-electron chi connectivity index (χ4n) is 3.55. The predicted octanol–water partition coefficient (Wildman–Crippen LogP) is 1.22. The zero-order chi connectivity index (χ0) is 21.0. The maximum absolute atomic E-state index is 12.3. The van der Waals surface area contributed by atoms with E-state index in [2.05, 4.69) is 0 Å². The lowest BCUT2D eigenvalue weighted by atomic mass is 10.1. The summed E-state index contributed by atoms with van der Waals surface area (Å²) in [5, 5.41) is 11.5. The Hall–Kier alpha value is -2.72. The number of carbonyl (C=O) groups is 2. The van der Waals surface area contributed by atoms with Gasteiger partial charge in [-0.2, -0.15) is 0 Å². The fourth-order valence-corrected chi connectivity index (χ4v) is 3.55. The molecule has 0 saturated carbocycles. The van der Waals surface area contributed by atoms with Crippen molar-refractivity contribution in [2.45, 2.75) is 26.1 Å². The number of hydrogen-bond donors (Lipinski definition) is 0. The van der Waals surface area contributed by atoms with Crippen molar-refractivity contribution in [3.8, 4) is 0 Å². The van der Waals surface area contributed by atoms with Crippen molar-refractivity contribution in [3.05, 3.63) is 33.9 Å². The highest BCUT2D eigenvalue weighted by molar-refractivity contribution is 5.93. The normalized spacial score (nSPS) is 22.3. The smallest absolute Gasteiger partial charge is 0.338 e. The first-order valence-electron chi connectivity index (χ1n) is 9.56. The van der Waals surface area contributed by atoms with Crippen LogP contribution < -0.4 is 4.90 Å². The monoisotopic (exact) mass is 407 g/mol. The third kappa shape index (κ3) is 5.21. The second-order valence-corrected chi connectivity index (χ2v) is 7.19. The second kappa shape index (κ2) is 9.19. The number of rotatable bonds is 5. The number of carbonyl (C=O) groups excluding carboxylic acids is 2. The second-order valence-electron chi connectivity index (χ2n) is 7.19. The summed E-state index contributed by atoms with van der Waals surface area (Å²) in [4.78, 5) is 39.1. The van der Waals surface area contributed by atoms with Crippen molar-refractivity contribution in [2.75, 3.05) is 50.9 Å². The molecule has 2 atom stereocenters. The van der Waals surface area contributed by atoms with Gasteiger partial charge in [-0.15, -0.1) is 0 Å². The van der Waals surface area contributed by atoms with Gasteiger partial charge in [0.05, 0.1) is 35.9 Å². The number of nitrogens with zero attached hydrogens (tertiary/aromatic N) is 3. The maximum Gasteiger partial charge on any atom is 0.338 e. The summed E-state index contributed by atoms with van der Waals surface area (Å²) < 4.78 is 16.0. The summed E-state index contributed by atoms with van der Waals surface area (Å²) in [6.07, 6.45) is -0.178. The van der Waals surface area contributed by atoms with E-state index in [1.54, 1.807) is 4.90 Å². The highest BCUT2D eigenvalue weighted by atomic mass is 16.6. The van der Waals surface area contributed by atoms with Gasteiger partial charge < -0.3 is 24.0 Å². The van der Waals surface area contributed by atoms with Crippen LogP contribution in [-0.2, 0) is 19.0 Å². The van der Waals surface area contributed by atoms with Crippen LogP contribution in [0.15, 0.2) is 18.2 Å². The highest BCUT2D eigenvalue weighted by Gasteiger charge is 2.27. The molecule has 10 nitrogen and oxygen atoms in total. The van der Waals surface area contributed by atoms with Crippen LogP contribution in [0.3, 0.4) is 0 Å². The summed E-state index contributed by atoms with van der Waals surface area (Å²) in [6.45, 7) is 6.24. The SMILES string of the molecule is CC1CN(C(=O)COC(=O)c2ccc(N3CCOCC3)c([N+](=O)[O-])c2)CC(C)O1. The summed E-state index contributed by atoms with van der Waals surface area (Å²) in [6, 6.07) is 4.20. The number of benzene rings is 1. The Balaban J connectivity index is 1.65. The van der Waals surface area contributed by atoms with E-state index >= 15 is 0 Å². The lowest BCUT2D eigenvalue weighted by molar-refractivity contribution is -0.384. The lowest BCUT2D eigenvalue weighted by Crippen LogP contribution is -2.49. The Labute approximate surface area is 168 Å². The van der Waals surface area contributed by atoms with Crippen LogP contribution in [0.5, 0.6) is 0 Å². The first-order valence-corrected chi connectivity index (χ1v) is 9.56. The number of amides is 1. The van der Waals surface area contributed by atoms with Crippen molar-refractivity contribution >= 4 is 23.3 Å². The van der Waals surface area contributed by atoms with Crippen LogP contribution in [0.2, 0.25) is 0 Å². The van der Waals surface area contributed by atoms with Gasteiger partial charge in [0, 0.05) is 32.2 Å².